The Hall–Kier alpha value is -2.12. The van der Waals surface area contributed by atoms with Crippen LogP contribution in [-0.4, -0.2) is 49.4 Å². The molecule has 3 aromatic rings. The van der Waals surface area contributed by atoms with E-state index in [0.717, 1.165) is 42.0 Å². The fraction of sp³-hybridized carbons (Fsp3) is 0.368. The zero-order chi connectivity index (χ0) is 18.8. The van der Waals surface area contributed by atoms with Gasteiger partial charge in [0.1, 0.15) is 11.4 Å². The molecular weight excluding hydrogens is 382 g/mol. The maximum absolute atomic E-state index is 12.5. The Labute approximate surface area is 166 Å². The van der Waals surface area contributed by atoms with Crippen molar-refractivity contribution in [2.75, 3.05) is 18.8 Å². The molecule has 0 unspecified atom stereocenters. The lowest BCUT2D eigenvalue weighted by molar-refractivity contribution is -0.129. The summed E-state index contributed by atoms with van der Waals surface area (Å²) in [7, 11) is 0. The Morgan fingerprint density at radius 1 is 1.26 bits per heavy atom. The number of likely N-dealkylation sites (tertiary alicyclic amines) is 1. The van der Waals surface area contributed by atoms with Gasteiger partial charge in [0.15, 0.2) is 5.65 Å². The number of hydrogen-bond donors (Lipinski definition) is 0. The third-order valence-corrected chi connectivity index (χ3v) is 6.19. The van der Waals surface area contributed by atoms with Crippen LogP contribution < -0.4 is 0 Å². The van der Waals surface area contributed by atoms with Crippen molar-refractivity contribution in [1.29, 1.82) is 0 Å². The second-order valence-corrected chi connectivity index (χ2v) is 8.15. The van der Waals surface area contributed by atoms with Gasteiger partial charge in [0.2, 0.25) is 5.91 Å². The quantitative estimate of drug-likeness (QED) is 0.491. The van der Waals surface area contributed by atoms with Crippen LogP contribution in [0.5, 0.6) is 0 Å². The second kappa shape index (κ2) is 7.86. The van der Waals surface area contributed by atoms with Gasteiger partial charge in [-0.2, -0.15) is 5.10 Å². The van der Waals surface area contributed by atoms with E-state index >= 15 is 0 Å². The van der Waals surface area contributed by atoms with E-state index in [1.165, 1.54) is 18.1 Å². The number of carbonyl (C=O) groups excluding carboxylic acids is 1. The molecule has 4 rings (SSSR count). The van der Waals surface area contributed by atoms with E-state index in [0.29, 0.717) is 22.3 Å². The first-order valence-electron chi connectivity index (χ1n) is 8.97. The normalized spacial score (nSPS) is 15.4. The van der Waals surface area contributed by atoms with Crippen LogP contribution >= 0.6 is 23.4 Å². The number of piperidine rings is 1. The fourth-order valence-corrected chi connectivity index (χ4v) is 4.30. The standard InChI is InChI=1S/C19H20ClN5OS/c1-13-6-8-24(9-7-13)17(26)11-27-19-14-10-23-25(18(14)21-12-22-19)16-5-3-2-4-15(16)20/h2-5,10,12-13H,6-9,11H2,1H3. The maximum Gasteiger partial charge on any atom is 0.232 e. The summed E-state index contributed by atoms with van der Waals surface area (Å²) >= 11 is 7.73. The van der Waals surface area contributed by atoms with Crippen LogP contribution in [0.4, 0.5) is 0 Å². The number of rotatable bonds is 4. The maximum atomic E-state index is 12.5. The molecule has 3 heterocycles. The number of thioether (sulfide) groups is 1. The van der Waals surface area contributed by atoms with Gasteiger partial charge in [-0.25, -0.2) is 14.6 Å². The van der Waals surface area contributed by atoms with E-state index in [-0.39, 0.29) is 5.91 Å². The van der Waals surface area contributed by atoms with E-state index < -0.39 is 0 Å². The van der Waals surface area contributed by atoms with Crippen molar-refractivity contribution in [1.82, 2.24) is 24.6 Å². The SMILES string of the molecule is CC1CCN(C(=O)CSc2ncnc3c2cnn3-c2ccccc2Cl)CC1. The summed E-state index contributed by atoms with van der Waals surface area (Å²) in [4.78, 5) is 23.2. The molecule has 0 spiro atoms. The monoisotopic (exact) mass is 401 g/mol. The van der Waals surface area contributed by atoms with Crippen molar-refractivity contribution in [2.45, 2.75) is 24.8 Å². The molecule has 0 aliphatic carbocycles. The third kappa shape index (κ3) is 3.80. The van der Waals surface area contributed by atoms with Crippen molar-refractivity contribution in [3.05, 3.63) is 41.8 Å². The number of nitrogens with zero attached hydrogens (tertiary/aromatic N) is 5. The minimum atomic E-state index is 0.164. The minimum absolute atomic E-state index is 0.164. The molecule has 8 heteroatoms. The molecule has 140 valence electrons. The van der Waals surface area contributed by atoms with E-state index in [1.54, 1.807) is 10.9 Å². The predicted octanol–water partition coefficient (Wildman–Crippen LogP) is 3.82. The van der Waals surface area contributed by atoms with Crippen LogP contribution in [0.3, 0.4) is 0 Å². The van der Waals surface area contributed by atoms with E-state index in [1.807, 2.05) is 29.2 Å². The van der Waals surface area contributed by atoms with Gasteiger partial charge in [0.25, 0.3) is 0 Å². The van der Waals surface area contributed by atoms with Gasteiger partial charge in [-0.05, 0) is 30.9 Å². The molecule has 0 radical (unpaired) electrons. The van der Waals surface area contributed by atoms with Crippen LogP contribution in [0.25, 0.3) is 16.7 Å². The van der Waals surface area contributed by atoms with E-state index in [9.17, 15) is 4.79 Å². The van der Waals surface area contributed by atoms with Crippen LogP contribution in [0.2, 0.25) is 5.02 Å². The van der Waals surface area contributed by atoms with Crippen molar-refractivity contribution < 1.29 is 4.79 Å². The molecule has 6 nitrogen and oxygen atoms in total. The Morgan fingerprint density at radius 3 is 2.81 bits per heavy atom. The van der Waals surface area contributed by atoms with Crippen LogP contribution in [0.1, 0.15) is 19.8 Å². The molecule has 27 heavy (non-hydrogen) atoms. The van der Waals surface area contributed by atoms with Gasteiger partial charge in [-0.15, -0.1) is 0 Å². The lowest BCUT2D eigenvalue weighted by atomic mass is 9.99. The summed E-state index contributed by atoms with van der Waals surface area (Å²) in [5.41, 5.74) is 1.45. The molecule has 1 aliphatic rings. The summed E-state index contributed by atoms with van der Waals surface area (Å²) in [6.07, 6.45) is 5.40. The zero-order valence-electron chi connectivity index (χ0n) is 15.0. The highest BCUT2D eigenvalue weighted by Gasteiger charge is 2.21. The predicted molar refractivity (Wildman–Crippen MR) is 107 cm³/mol. The first kappa shape index (κ1) is 18.3. The number of para-hydroxylation sites is 1. The number of benzene rings is 1. The molecule has 1 fully saturated rings. The second-order valence-electron chi connectivity index (χ2n) is 6.78. The number of carbonyl (C=O) groups is 1. The zero-order valence-corrected chi connectivity index (χ0v) is 16.6. The highest BCUT2D eigenvalue weighted by atomic mass is 35.5. The van der Waals surface area contributed by atoms with Gasteiger partial charge < -0.3 is 4.90 Å². The molecule has 1 aliphatic heterocycles. The van der Waals surface area contributed by atoms with Crippen molar-refractivity contribution in [2.24, 2.45) is 5.92 Å². The van der Waals surface area contributed by atoms with Crippen LogP contribution in [0.15, 0.2) is 41.8 Å². The van der Waals surface area contributed by atoms with E-state index in [2.05, 4.69) is 22.0 Å². The molecular formula is C19H20ClN5OS. The minimum Gasteiger partial charge on any atom is -0.342 e. The fourth-order valence-electron chi connectivity index (χ4n) is 3.22. The van der Waals surface area contributed by atoms with Gasteiger partial charge in [-0.1, -0.05) is 42.4 Å². The molecule has 2 aromatic heterocycles. The number of fused-ring (bicyclic) bond motifs is 1. The van der Waals surface area contributed by atoms with Gasteiger partial charge in [0, 0.05) is 13.1 Å². The Morgan fingerprint density at radius 2 is 2.04 bits per heavy atom. The Balaban J connectivity index is 1.53. The van der Waals surface area contributed by atoms with Crippen molar-refractivity contribution in [3.63, 3.8) is 0 Å². The van der Waals surface area contributed by atoms with Gasteiger partial charge in [0.05, 0.1) is 28.0 Å². The highest BCUT2D eigenvalue weighted by Crippen LogP contribution is 2.28. The summed E-state index contributed by atoms with van der Waals surface area (Å²) in [6, 6.07) is 7.49. The van der Waals surface area contributed by atoms with E-state index in [4.69, 9.17) is 11.6 Å². The third-order valence-electron chi connectivity index (χ3n) is 4.88. The number of hydrogen-bond acceptors (Lipinski definition) is 5. The Bertz CT molecular complexity index is 968. The van der Waals surface area contributed by atoms with Crippen molar-refractivity contribution in [3.8, 4) is 5.69 Å². The molecule has 1 amide bonds. The first-order valence-corrected chi connectivity index (χ1v) is 10.3. The van der Waals surface area contributed by atoms with Crippen molar-refractivity contribution >= 4 is 40.3 Å². The number of amides is 1. The van der Waals surface area contributed by atoms with Crippen LogP contribution in [0, 0.1) is 5.92 Å². The van der Waals surface area contributed by atoms with Gasteiger partial charge >= 0.3 is 0 Å². The summed E-state index contributed by atoms with van der Waals surface area (Å²) in [5, 5.41) is 6.62. The topological polar surface area (TPSA) is 63.9 Å². The average Bonchev–Trinajstić information content (AvgIpc) is 3.11. The molecule has 0 N–H and O–H groups in total. The smallest absolute Gasteiger partial charge is 0.232 e. The highest BCUT2D eigenvalue weighted by molar-refractivity contribution is 8.00. The number of aromatic nitrogens is 4. The lowest BCUT2D eigenvalue weighted by Crippen LogP contribution is -2.38. The summed E-state index contributed by atoms with van der Waals surface area (Å²) < 4.78 is 1.71. The Kier molecular flexibility index (Phi) is 5.31. The summed E-state index contributed by atoms with van der Waals surface area (Å²) in [5.74, 6) is 1.24. The average molecular weight is 402 g/mol. The number of halogens is 1. The first-order chi connectivity index (χ1) is 13.1. The lowest BCUT2D eigenvalue weighted by Gasteiger charge is -2.30. The molecule has 1 aromatic carbocycles. The van der Waals surface area contributed by atoms with Gasteiger partial charge in [-0.3, -0.25) is 4.79 Å². The molecule has 0 bridgehead atoms. The largest absolute Gasteiger partial charge is 0.342 e. The molecule has 1 saturated heterocycles. The summed E-state index contributed by atoms with van der Waals surface area (Å²) in [6.45, 7) is 3.94. The molecule has 0 saturated carbocycles. The molecule has 0 atom stereocenters. The van der Waals surface area contributed by atoms with Crippen LogP contribution in [-0.2, 0) is 4.79 Å².